The monoisotopic (exact) mass is 287 g/mol. The fraction of sp³-hybridized carbons (Fsp3) is 0.375. The number of aliphatic carboxylic acids is 1. The Balaban J connectivity index is 1.58. The van der Waals surface area contributed by atoms with Gasteiger partial charge in [-0.05, 0) is 12.0 Å². The molecule has 1 saturated heterocycles. The zero-order valence-corrected chi connectivity index (χ0v) is 11.4. The largest absolute Gasteiger partial charge is 0.481 e. The predicted octanol–water partition coefficient (Wildman–Crippen LogP) is 0.999. The van der Waals surface area contributed by atoms with Crippen LogP contribution in [0.3, 0.4) is 0 Å². The molecule has 0 spiro atoms. The molecule has 0 radical (unpaired) electrons. The van der Waals surface area contributed by atoms with E-state index in [0.29, 0.717) is 6.54 Å². The smallest absolute Gasteiger partial charge is 0.310 e. The van der Waals surface area contributed by atoms with Crippen LogP contribution in [0, 0.1) is 11.8 Å². The highest BCUT2D eigenvalue weighted by molar-refractivity contribution is 5.87. The average Bonchev–Trinajstić information content (AvgIpc) is 3.08. The molecule has 1 aromatic carbocycles. The Morgan fingerprint density at radius 3 is 2.43 bits per heavy atom. The maximum Gasteiger partial charge on any atom is 0.310 e. The number of fused-ring (bicyclic) bond motifs is 2. The van der Waals surface area contributed by atoms with Crippen molar-refractivity contribution in [3.05, 3.63) is 48.0 Å². The lowest BCUT2D eigenvalue weighted by Crippen LogP contribution is -2.43. The molecule has 5 heteroatoms. The number of ether oxygens (including phenoxy) is 1. The fourth-order valence-electron chi connectivity index (χ4n) is 3.01. The molecule has 1 amide bonds. The SMILES string of the molecule is O=C(O)[C@@H]1[C@@H](C(=O)NCCc2ccccc2)[C@H]2C=C[C@H]1O2. The van der Waals surface area contributed by atoms with Crippen molar-refractivity contribution < 1.29 is 19.4 Å². The molecule has 5 nitrogen and oxygen atoms in total. The van der Waals surface area contributed by atoms with Crippen molar-refractivity contribution in [2.75, 3.05) is 6.54 Å². The van der Waals surface area contributed by atoms with Crippen molar-refractivity contribution in [1.82, 2.24) is 5.32 Å². The molecular weight excluding hydrogens is 270 g/mol. The maximum atomic E-state index is 12.3. The summed E-state index contributed by atoms with van der Waals surface area (Å²) in [4.78, 5) is 23.6. The third kappa shape index (κ3) is 2.69. The summed E-state index contributed by atoms with van der Waals surface area (Å²) in [7, 11) is 0. The molecule has 4 atom stereocenters. The van der Waals surface area contributed by atoms with Gasteiger partial charge in [0.05, 0.1) is 18.1 Å². The van der Waals surface area contributed by atoms with Crippen LogP contribution in [0.5, 0.6) is 0 Å². The summed E-state index contributed by atoms with van der Waals surface area (Å²) in [5.74, 6) is -2.63. The van der Waals surface area contributed by atoms with Crippen LogP contribution in [0.4, 0.5) is 0 Å². The van der Waals surface area contributed by atoms with Crippen molar-refractivity contribution in [3.8, 4) is 0 Å². The molecular formula is C16H17NO4. The summed E-state index contributed by atoms with van der Waals surface area (Å²) < 4.78 is 5.49. The van der Waals surface area contributed by atoms with Gasteiger partial charge in [-0.3, -0.25) is 9.59 Å². The first-order valence-electron chi connectivity index (χ1n) is 7.05. The molecule has 0 aliphatic carbocycles. The van der Waals surface area contributed by atoms with Crippen LogP contribution >= 0.6 is 0 Å². The van der Waals surface area contributed by atoms with Gasteiger partial charge in [-0.2, -0.15) is 0 Å². The lowest BCUT2D eigenvalue weighted by Gasteiger charge is -2.20. The Hall–Kier alpha value is -2.14. The van der Waals surface area contributed by atoms with Crippen LogP contribution < -0.4 is 5.32 Å². The van der Waals surface area contributed by atoms with Crippen molar-refractivity contribution in [3.63, 3.8) is 0 Å². The first-order valence-corrected chi connectivity index (χ1v) is 7.05. The molecule has 2 aliphatic heterocycles. The topological polar surface area (TPSA) is 75.6 Å². The van der Waals surface area contributed by atoms with E-state index in [9.17, 15) is 14.7 Å². The van der Waals surface area contributed by atoms with Gasteiger partial charge in [0.2, 0.25) is 5.91 Å². The number of carboxylic acid groups (broad SMARTS) is 1. The molecule has 2 bridgehead atoms. The highest BCUT2D eigenvalue weighted by Gasteiger charge is 2.53. The van der Waals surface area contributed by atoms with E-state index in [1.807, 2.05) is 30.3 Å². The molecule has 1 aromatic rings. The number of benzene rings is 1. The van der Waals surface area contributed by atoms with E-state index in [-0.39, 0.29) is 5.91 Å². The van der Waals surface area contributed by atoms with Gasteiger partial charge in [0.1, 0.15) is 5.92 Å². The predicted molar refractivity (Wildman–Crippen MR) is 75.6 cm³/mol. The molecule has 0 unspecified atom stereocenters. The van der Waals surface area contributed by atoms with Gasteiger partial charge in [-0.1, -0.05) is 42.5 Å². The Bertz CT molecular complexity index is 569. The van der Waals surface area contributed by atoms with Crippen molar-refractivity contribution in [2.45, 2.75) is 18.6 Å². The third-order valence-corrected chi connectivity index (χ3v) is 4.04. The Morgan fingerprint density at radius 2 is 1.76 bits per heavy atom. The molecule has 0 aromatic heterocycles. The zero-order chi connectivity index (χ0) is 14.8. The van der Waals surface area contributed by atoms with Gasteiger partial charge in [-0.15, -0.1) is 0 Å². The second-order valence-corrected chi connectivity index (χ2v) is 5.37. The summed E-state index contributed by atoms with van der Waals surface area (Å²) in [6.07, 6.45) is 3.36. The van der Waals surface area contributed by atoms with Gasteiger partial charge < -0.3 is 15.2 Å². The number of hydrogen-bond acceptors (Lipinski definition) is 3. The van der Waals surface area contributed by atoms with Crippen LogP contribution in [0.25, 0.3) is 0 Å². The molecule has 110 valence electrons. The van der Waals surface area contributed by atoms with Crippen LogP contribution in [0.1, 0.15) is 5.56 Å². The summed E-state index contributed by atoms with van der Waals surface area (Å²) in [5, 5.41) is 12.1. The van der Waals surface area contributed by atoms with E-state index in [1.165, 1.54) is 0 Å². The second kappa shape index (κ2) is 5.69. The van der Waals surface area contributed by atoms with Crippen LogP contribution in [0.15, 0.2) is 42.5 Å². The van der Waals surface area contributed by atoms with E-state index < -0.39 is 30.0 Å². The number of carboxylic acids is 1. The van der Waals surface area contributed by atoms with E-state index >= 15 is 0 Å². The molecule has 2 N–H and O–H groups in total. The average molecular weight is 287 g/mol. The maximum absolute atomic E-state index is 12.3. The van der Waals surface area contributed by atoms with E-state index in [0.717, 1.165) is 12.0 Å². The van der Waals surface area contributed by atoms with Crippen molar-refractivity contribution >= 4 is 11.9 Å². The molecule has 1 fully saturated rings. The normalized spacial score (nSPS) is 29.5. The first kappa shape index (κ1) is 13.8. The van der Waals surface area contributed by atoms with Gasteiger partial charge in [-0.25, -0.2) is 0 Å². The summed E-state index contributed by atoms with van der Waals surface area (Å²) in [6, 6.07) is 9.84. The number of rotatable bonds is 5. The van der Waals surface area contributed by atoms with Crippen LogP contribution in [0.2, 0.25) is 0 Å². The minimum atomic E-state index is -0.977. The Labute approximate surface area is 122 Å². The molecule has 0 saturated carbocycles. The molecule has 2 aliphatic rings. The molecule has 2 heterocycles. The van der Waals surface area contributed by atoms with Crippen molar-refractivity contribution in [2.24, 2.45) is 11.8 Å². The summed E-state index contributed by atoms with van der Waals surface area (Å²) in [6.45, 7) is 0.493. The standard InChI is InChI=1S/C16H17NO4/c18-15(17-9-8-10-4-2-1-3-5-10)13-11-6-7-12(21-11)14(13)16(19)20/h1-7,11-14H,8-9H2,(H,17,18)(H,19,20)/t11-,12-,13+,14+/m1/s1. The Kier molecular flexibility index (Phi) is 3.75. The minimum Gasteiger partial charge on any atom is -0.481 e. The highest BCUT2D eigenvalue weighted by Crippen LogP contribution is 2.39. The van der Waals surface area contributed by atoms with Crippen LogP contribution in [-0.2, 0) is 20.7 Å². The zero-order valence-electron chi connectivity index (χ0n) is 11.4. The number of amides is 1. The fourth-order valence-corrected chi connectivity index (χ4v) is 3.01. The second-order valence-electron chi connectivity index (χ2n) is 5.37. The minimum absolute atomic E-state index is 0.241. The number of nitrogens with one attached hydrogen (secondary N) is 1. The lowest BCUT2D eigenvalue weighted by molar-refractivity contribution is -0.146. The first-order chi connectivity index (χ1) is 10.2. The van der Waals surface area contributed by atoms with E-state index in [1.54, 1.807) is 12.2 Å². The van der Waals surface area contributed by atoms with Gasteiger partial charge in [0.25, 0.3) is 0 Å². The van der Waals surface area contributed by atoms with Gasteiger partial charge in [0.15, 0.2) is 0 Å². The lowest BCUT2D eigenvalue weighted by atomic mass is 9.82. The van der Waals surface area contributed by atoms with E-state index in [2.05, 4.69) is 5.32 Å². The van der Waals surface area contributed by atoms with Crippen molar-refractivity contribution in [1.29, 1.82) is 0 Å². The number of carbonyl (C=O) groups excluding carboxylic acids is 1. The van der Waals surface area contributed by atoms with Gasteiger partial charge in [0, 0.05) is 6.54 Å². The van der Waals surface area contributed by atoms with E-state index in [4.69, 9.17) is 4.74 Å². The molecule has 21 heavy (non-hydrogen) atoms. The number of hydrogen-bond donors (Lipinski definition) is 2. The summed E-state index contributed by atoms with van der Waals surface area (Å²) in [5.41, 5.74) is 1.14. The van der Waals surface area contributed by atoms with Gasteiger partial charge >= 0.3 is 5.97 Å². The number of carbonyl (C=O) groups is 2. The van der Waals surface area contributed by atoms with Crippen LogP contribution in [-0.4, -0.2) is 35.7 Å². The highest BCUT2D eigenvalue weighted by atomic mass is 16.5. The molecule has 3 rings (SSSR count). The quantitative estimate of drug-likeness (QED) is 0.792. The summed E-state index contributed by atoms with van der Waals surface area (Å²) >= 11 is 0. The Morgan fingerprint density at radius 1 is 1.10 bits per heavy atom. The third-order valence-electron chi connectivity index (χ3n) is 4.04.